The number of carbonyl (C=O) groups excluding carboxylic acids is 1. The Morgan fingerprint density at radius 1 is 1.25 bits per heavy atom. The summed E-state index contributed by atoms with van der Waals surface area (Å²) in [5, 5.41) is 3.57. The molecule has 0 bridgehead atoms. The van der Waals surface area contributed by atoms with E-state index in [1.807, 2.05) is 13.8 Å². The van der Waals surface area contributed by atoms with Crippen LogP contribution in [0.2, 0.25) is 0 Å². The quantitative estimate of drug-likeness (QED) is 0.750. The van der Waals surface area contributed by atoms with Gasteiger partial charge in [0.05, 0.1) is 0 Å². The summed E-state index contributed by atoms with van der Waals surface area (Å²) in [6, 6.07) is 4.78. The van der Waals surface area contributed by atoms with E-state index in [1.54, 1.807) is 0 Å². The van der Waals surface area contributed by atoms with Gasteiger partial charge in [0.25, 0.3) is 0 Å². The fourth-order valence-corrected chi connectivity index (χ4v) is 4.56. The number of benzene rings is 1. The molecule has 0 fully saturated rings. The first-order valence-corrected chi connectivity index (χ1v) is 9.74. The second-order valence-corrected chi connectivity index (χ2v) is 7.78. The van der Waals surface area contributed by atoms with E-state index in [9.17, 15) is 4.79 Å². The van der Waals surface area contributed by atoms with Crippen LogP contribution in [0.5, 0.6) is 0 Å². The molecule has 1 aromatic carbocycles. The molecule has 1 aliphatic heterocycles. The lowest BCUT2D eigenvalue weighted by molar-refractivity contribution is 0.0936. The summed E-state index contributed by atoms with van der Waals surface area (Å²) in [7, 11) is 0. The van der Waals surface area contributed by atoms with Gasteiger partial charge in [0.2, 0.25) is 0 Å². The number of rotatable bonds is 7. The zero-order valence-electron chi connectivity index (χ0n) is 15.7. The van der Waals surface area contributed by atoms with Crippen molar-refractivity contribution >= 4 is 11.5 Å². The lowest BCUT2D eigenvalue weighted by atomic mass is 9.77. The maximum atomic E-state index is 12.7. The summed E-state index contributed by atoms with van der Waals surface area (Å²) in [5.41, 5.74) is 5.04. The molecule has 0 saturated carbocycles. The minimum absolute atomic E-state index is 0.0647. The number of anilines is 1. The molecule has 3 rings (SSSR count). The zero-order chi connectivity index (χ0) is 17.3. The van der Waals surface area contributed by atoms with Crippen LogP contribution in [0, 0.1) is 5.92 Å². The van der Waals surface area contributed by atoms with Gasteiger partial charge in [0.1, 0.15) is 0 Å². The van der Waals surface area contributed by atoms with E-state index in [4.69, 9.17) is 0 Å². The van der Waals surface area contributed by atoms with Crippen molar-refractivity contribution in [3.05, 3.63) is 28.8 Å². The van der Waals surface area contributed by atoms with Gasteiger partial charge in [-0.15, -0.1) is 0 Å². The number of ketones is 1. The lowest BCUT2D eigenvalue weighted by Gasteiger charge is -2.38. The van der Waals surface area contributed by atoms with Gasteiger partial charge < -0.3 is 10.2 Å². The first kappa shape index (κ1) is 17.5. The van der Waals surface area contributed by atoms with E-state index in [1.165, 1.54) is 49.2 Å². The van der Waals surface area contributed by atoms with Crippen molar-refractivity contribution in [3.63, 3.8) is 0 Å². The van der Waals surface area contributed by atoms with Crippen LogP contribution in [0.25, 0.3) is 0 Å². The summed E-state index contributed by atoms with van der Waals surface area (Å²) in [6.07, 6.45) is 4.66. The molecule has 132 valence electrons. The standard InChI is InChI=1S/C21H32N2O/c1-5-9-23(10-6-2)16-11-15-13-22-19-8-7-17(21(24)14(3)4)18(12-16)20(15)19/h7-8,14-16,22H,5-6,9-13H2,1-4H3. The fraction of sp³-hybridized carbons (Fsp3) is 0.667. The van der Waals surface area contributed by atoms with Crippen molar-refractivity contribution in [2.24, 2.45) is 5.92 Å². The van der Waals surface area contributed by atoms with E-state index in [0.717, 1.165) is 18.5 Å². The Morgan fingerprint density at radius 3 is 2.58 bits per heavy atom. The van der Waals surface area contributed by atoms with Gasteiger partial charge in [-0.3, -0.25) is 4.79 Å². The molecule has 0 radical (unpaired) electrons. The highest BCUT2D eigenvalue weighted by molar-refractivity contribution is 6.00. The molecule has 0 spiro atoms. The highest BCUT2D eigenvalue weighted by atomic mass is 16.1. The minimum Gasteiger partial charge on any atom is -0.384 e. The summed E-state index contributed by atoms with van der Waals surface area (Å²) in [6.45, 7) is 11.9. The van der Waals surface area contributed by atoms with Crippen molar-refractivity contribution in [3.8, 4) is 0 Å². The summed E-state index contributed by atoms with van der Waals surface area (Å²) in [4.78, 5) is 15.4. The molecule has 1 aromatic rings. The maximum absolute atomic E-state index is 12.7. The minimum atomic E-state index is 0.0647. The van der Waals surface area contributed by atoms with Crippen molar-refractivity contribution in [2.45, 2.75) is 65.3 Å². The number of nitrogens with zero attached hydrogens (tertiary/aromatic N) is 1. The maximum Gasteiger partial charge on any atom is 0.165 e. The van der Waals surface area contributed by atoms with Crippen LogP contribution in [0.1, 0.15) is 74.4 Å². The van der Waals surface area contributed by atoms with Crippen molar-refractivity contribution in [1.29, 1.82) is 0 Å². The molecule has 2 aliphatic rings. The van der Waals surface area contributed by atoms with Gasteiger partial charge in [-0.05, 0) is 62.0 Å². The number of nitrogens with one attached hydrogen (secondary N) is 1. The molecular formula is C21H32N2O. The number of Topliss-reactive ketones (excluding diaryl/α,β-unsaturated/α-hetero) is 1. The topological polar surface area (TPSA) is 32.3 Å². The summed E-state index contributed by atoms with van der Waals surface area (Å²) in [5.74, 6) is 0.941. The Hall–Kier alpha value is -1.35. The molecular weight excluding hydrogens is 296 g/mol. The second-order valence-electron chi connectivity index (χ2n) is 7.78. The Balaban J connectivity index is 1.97. The highest BCUT2D eigenvalue weighted by Crippen LogP contribution is 2.44. The van der Waals surface area contributed by atoms with Gasteiger partial charge in [-0.2, -0.15) is 0 Å². The Kier molecular flexibility index (Phi) is 5.29. The molecule has 0 saturated heterocycles. The monoisotopic (exact) mass is 328 g/mol. The summed E-state index contributed by atoms with van der Waals surface area (Å²) >= 11 is 0. The SMILES string of the molecule is CCCN(CCC)C1Cc2c(C(=O)C(C)C)ccc3c2C(CN3)C1. The van der Waals surface area contributed by atoms with Crippen LogP contribution in [0.3, 0.4) is 0 Å². The molecule has 24 heavy (non-hydrogen) atoms. The third kappa shape index (κ3) is 3.11. The smallest absolute Gasteiger partial charge is 0.165 e. The van der Waals surface area contributed by atoms with Crippen molar-refractivity contribution in [1.82, 2.24) is 4.90 Å². The fourth-order valence-electron chi connectivity index (χ4n) is 4.56. The molecule has 1 aliphatic carbocycles. The lowest BCUT2D eigenvalue weighted by Crippen LogP contribution is -2.42. The van der Waals surface area contributed by atoms with E-state index in [2.05, 4.69) is 36.2 Å². The average molecular weight is 329 g/mol. The van der Waals surface area contributed by atoms with Gasteiger partial charge in [-0.25, -0.2) is 0 Å². The highest BCUT2D eigenvalue weighted by Gasteiger charge is 2.37. The molecule has 3 nitrogen and oxygen atoms in total. The van der Waals surface area contributed by atoms with Crippen LogP contribution in [0.4, 0.5) is 5.69 Å². The predicted molar refractivity (Wildman–Crippen MR) is 101 cm³/mol. The third-order valence-corrected chi connectivity index (χ3v) is 5.63. The Labute approximate surface area is 146 Å². The number of hydrogen-bond donors (Lipinski definition) is 1. The molecule has 2 unspecified atom stereocenters. The summed E-state index contributed by atoms with van der Waals surface area (Å²) < 4.78 is 0. The van der Waals surface area contributed by atoms with E-state index < -0.39 is 0 Å². The first-order chi connectivity index (χ1) is 11.6. The van der Waals surface area contributed by atoms with E-state index >= 15 is 0 Å². The number of carbonyl (C=O) groups is 1. The van der Waals surface area contributed by atoms with Crippen LogP contribution in [0.15, 0.2) is 12.1 Å². The Bertz CT molecular complexity index is 602. The molecule has 1 N–H and O–H groups in total. The van der Waals surface area contributed by atoms with Crippen molar-refractivity contribution < 1.29 is 4.79 Å². The second kappa shape index (κ2) is 7.26. The van der Waals surface area contributed by atoms with Gasteiger partial charge in [-0.1, -0.05) is 27.7 Å². The molecule has 0 amide bonds. The van der Waals surface area contributed by atoms with Crippen LogP contribution >= 0.6 is 0 Å². The van der Waals surface area contributed by atoms with Gasteiger partial charge in [0.15, 0.2) is 5.78 Å². The predicted octanol–water partition coefficient (Wildman–Crippen LogP) is 4.47. The molecule has 2 atom stereocenters. The van der Waals surface area contributed by atoms with Crippen LogP contribution in [-0.4, -0.2) is 36.4 Å². The zero-order valence-corrected chi connectivity index (χ0v) is 15.7. The average Bonchev–Trinajstić information content (AvgIpc) is 2.98. The number of hydrogen-bond acceptors (Lipinski definition) is 3. The Morgan fingerprint density at radius 2 is 1.96 bits per heavy atom. The molecule has 1 heterocycles. The van der Waals surface area contributed by atoms with Gasteiger partial charge >= 0.3 is 0 Å². The first-order valence-electron chi connectivity index (χ1n) is 9.74. The van der Waals surface area contributed by atoms with E-state index in [-0.39, 0.29) is 5.92 Å². The molecule has 3 heteroatoms. The van der Waals surface area contributed by atoms with Crippen molar-refractivity contribution in [2.75, 3.05) is 25.0 Å². The normalized spacial score (nSPS) is 21.9. The van der Waals surface area contributed by atoms with E-state index in [0.29, 0.717) is 17.7 Å². The van der Waals surface area contributed by atoms with Crippen LogP contribution < -0.4 is 5.32 Å². The largest absolute Gasteiger partial charge is 0.384 e. The van der Waals surface area contributed by atoms with Crippen LogP contribution in [-0.2, 0) is 6.42 Å². The van der Waals surface area contributed by atoms with Gasteiger partial charge in [0, 0.05) is 35.7 Å². The third-order valence-electron chi connectivity index (χ3n) is 5.63. The molecule has 0 aromatic heterocycles.